The normalized spacial score (nSPS) is 10.9. The zero-order valence-electron chi connectivity index (χ0n) is 14.1. The molecule has 1 N–H and O–H groups in total. The summed E-state index contributed by atoms with van der Waals surface area (Å²) in [5.41, 5.74) is 7.58. The van der Waals surface area contributed by atoms with Crippen LogP contribution in [0.15, 0.2) is 42.5 Å². The molecule has 0 aromatic carbocycles. The van der Waals surface area contributed by atoms with E-state index in [1.807, 2.05) is 26.0 Å². The Bertz CT molecular complexity index is 802. The van der Waals surface area contributed by atoms with Crippen molar-refractivity contribution in [1.82, 2.24) is 15.0 Å². The molecule has 0 aliphatic carbocycles. The van der Waals surface area contributed by atoms with Gasteiger partial charge in [-0.3, -0.25) is 9.97 Å². The Kier molecular flexibility index (Phi) is 4.56. The van der Waals surface area contributed by atoms with Gasteiger partial charge >= 0.3 is 0 Å². The van der Waals surface area contributed by atoms with Crippen LogP contribution in [-0.4, -0.2) is 15.0 Å². The van der Waals surface area contributed by atoms with Crippen molar-refractivity contribution in [2.24, 2.45) is 0 Å². The van der Waals surface area contributed by atoms with E-state index in [9.17, 15) is 0 Å². The maximum absolute atomic E-state index is 4.69. The van der Waals surface area contributed by atoms with E-state index in [-0.39, 0.29) is 0 Å². The number of nitrogens with one attached hydrogen (secondary N) is 1. The van der Waals surface area contributed by atoms with Crippen LogP contribution >= 0.6 is 0 Å². The van der Waals surface area contributed by atoms with E-state index in [2.05, 4.69) is 52.2 Å². The van der Waals surface area contributed by atoms with Gasteiger partial charge in [0.05, 0.1) is 22.8 Å². The van der Waals surface area contributed by atoms with Crippen LogP contribution in [0.5, 0.6) is 0 Å². The summed E-state index contributed by atoms with van der Waals surface area (Å²) in [6, 6.07) is 14.5. The number of aryl methyl sites for hydroxylation is 3. The fraction of sp³-hybridized carbons (Fsp3) is 0.300. The maximum Gasteiger partial charge on any atom is 0.0870 e. The number of hydrogen-bond acceptors (Lipinski definition) is 2. The summed E-state index contributed by atoms with van der Waals surface area (Å²) in [5, 5.41) is 0. The van der Waals surface area contributed by atoms with Crippen molar-refractivity contribution in [2.75, 3.05) is 0 Å². The minimum atomic E-state index is 0.988. The van der Waals surface area contributed by atoms with Gasteiger partial charge in [0.1, 0.15) is 0 Å². The molecule has 0 aliphatic rings. The van der Waals surface area contributed by atoms with Gasteiger partial charge in [-0.2, -0.15) is 0 Å². The van der Waals surface area contributed by atoms with Crippen molar-refractivity contribution in [1.29, 1.82) is 0 Å². The molecule has 3 aromatic heterocycles. The van der Waals surface area contributed by atoms with Gasteiger partial charge in [0.25, 0.3) is 0 Å². The second kappa shape index (κ2) is 6.78. The molecule has 3 aromatic rings. The Labute approximate surface area is 137 Å². The molecule has 23 heavy (non-hydrogen) atoms. The molecule has 0 fully saturated rings. The van der Waals surface area contributed by atoms with E-state index >= 15 is 0 Å². The average Bonchev–Trinajstić information content (AvgIpc) is 2.97. The van der Waals surface area contributed by atoms with Gasteiger partial charge in [0.15, 0.2) is 0 Å². The van der Waals surface area contributed by atoms with Gasteiger partial charge < -0.3 is 4.98 Å². The molecule has 3 nitrogen and oxygen atoms in total. The van der Waals surface area contributed by atoms with Crippen LogP contribution in [0.25, 0.3) is 22.8 Å². The fourth-order valence-electron chi connectivity index (χ4n) is 2.80. The highest BCUT2D eigenvalue weighted by atomic mass is 14.8. The van der Waals surface area contributed by atoms with Crippen molar-refractivity contribution in [3.05, 3.63) is 59.4 Å². The van der Waals surface area contributed by atoms with Gasteiger partial charge in [0, 0.05) is 11.4 Å². The predicted molar refractivity (Wildman–Crippen MR) is 95.3 cm³/mol. The summed E-state index contributed by atoms with van der Waals surface area (Å²) in [4.78, 5) is 12.9. The number of rotatable bonds is 5. The molecule has 0 spiro atoms. The summed E-state index contributed by atoms with van der Waals surface area (Å²) >= 11 is 0. The number of aromatic nitrogens is 3. The largest absolute Gasteiger partial charge is 0.352 e. The van der Waals surface area contributed by atoms with Crippen molar-refractivity contribution >= 4 is 0 Å². The van der Waals surface area contributed by atoms with Crippen molar-refractivity contribution in [3.8, 4) is 22.8 Å². The molecule has 0 unspecified atom stereocenters. The van der Waals surface area contributed by atoms with Crippen LogP contribution in [0.3, 0.4) is 0 Å². The molecular formula is C20H23N3. The van der Waals surface area contributed by atoms with Gasteiger partial charge in [-0.15, -0.1) is 0 Å². The van der Waals surface area contributed by atoms with E-state index in [1.54, 1.807) is 0 Å². The third kappa shape index (κ3) is 3.50. The van der Waals surface area contributed by atoms with Gasteiger partial charge in [0.2, 0.25) is 0 Å². The van der Waals surface area contributed by atoms with E-state index in [1.165, 1.54) is 18.4 Å². The number of aromatic amines is 1. The molecule has 3 rings (SSSR count). The number of H-pyrrole nitrogens is 1. The number of pyridine rings is 2. The highest BCUT2D eigenvalue weighted by molar-refractivity contribution is 5.68. The SMILES string of the molecule is CCCCc1cc(-c2cccc(C)n2)[nH]c1-c1cccc(C)n1. The lowest BCUT2D eigenvalue weighted by molar-refractivity contribution is 0.796. The van der Waals surface area contributed by atoms with E-state index in [0.717, 1.165) is 40.6 Å². The molecule has 0 bridgehead atoms. The quantitative estimate of drug-likeness (QED) is 0.712. The van der Waals surface area contributed by atoms with Gasteiger partial charge in [-0.1, -0.05) is 25.5 Å². The zero-order chi connectivity index (χ0) is 16.2. The summed E-state index contributed by atoms with van der Waals surface area (Å²) in [6.45, 7) is 6.27. The van der Waals surface area contributed by atoms with E-state index in [4.69, 9.17) is 0 Å². The summed E-state index contributed by atoms with van der Waals surface area (Å²) < 4.78 is 0. The lowest BCUT2D eigenvalue weighted by Crippen LogP contribution is -1.91. The third-order valence-electron chi connectivity index (χ3n) is 4.01. The number of unbranched alkanes of at least 4 members (excludes halogenated alkanes) is 1. The molecule has 118 valence electrons. The van der Waals surface area contributed by atoms with Crippen molar-refractivity contribution in [2.45, 2.75) is 40.0 Å². The lowest BCUT2D eigenvalue weighted by Gasteiger charge is -2.04. The molecule has 0 atom stereocenters. The first-order chi connectivity index (χ1) is 11.2. The Hall–Kier alpha value is -2.42. The Morgan fingerprint density at radius 2 is 1.57 bits per heavy atom. The highest BCUT2D eigenvalue weighted by Crippen LogP contribution is 2.28. The van der Waals surface area contributed by atoms with Crippen LogP contribution in [0.2, 0.25) is 0 Å². The minimum Gasteiger partial charge on any atom is -0.352 e. The fourth-order valence-corrected chi connectivity index (χ4v) is 2.80. The summed E-state index contributed by atoms with van der Waals surface area (Å²) in [6.07, 6.45) is 3.42. The zero-order valence-corrected chi connectivity index (χ0v) is 14.1. The number of hydrogen-bond donors (Lipinski definition) is 1. The molecular weight excluding hydrogens is 282 g/mol. The van der Waals surface area contributed by atoms with Crippen LogP contribution in [0, 0.1) is 13.8 Å². The van der Waals surface area contributed by atoms with E-state index < -0.39 is 0 Å². The molecule has 3 heteroatoms. The molecule has 0 aliphatic heterocycles. The molecule has 0 radical (unpaired) electrons. The second-order valence-electron chi connectivity index (χ2n) is 6.02. The topological polar surface area (TPSA) is 41.6 Å². The van der Waals surface area contributed by atoms with Crippen molar-refractivity contribution in [3.63, 3.8) is 0 Å². The Morgan fingerprint density at radius 3 is 2.22 bits per heavy atom. The van der Waals surface area contributed by atoms with Crippen LogP contribution in [0.1, 0.15) is 36.7 Å². The second-order valence-corrected chi connectivity index (χ2v) is 6.02. The van der Waals surface area contributed by atoms with Crippen LogP contribution in [-0.2, 0) is 6.42 Å². The summed E-state index contributed by atoms with van der Waals surface area (Å²) in [5.74, 6) is 0. The molecule has 0 amide bonds. The van der Waals surface area contributed by atoms with Crippen LogP contribution in [0.4, 0.5) is 0 Å². The van der Waals surface area contributed by atoms with E-state index in [0.29, 0.717) is 0 Å². The smallest absolute Gasteiger partial charge is 0.0870 e. The molecule has 3 heterocycles. The maximum atomic E-state index is 4.69. The standard InChI is InChI=1S/C20H23N3/c1-4-5-10-16-13-19(17-11-6-8-14(2)21-17)23-20(16)18-12-7-9-15(3)22-18/h6-9,11-13,23H,4-5,10H2,1-3H3. The van der Waals surface area contributed by atoms with Crippen LogP contribution < -0.4 is 0 Å². The monoisotopic (exact) mass is 305 g/mol. The summed E-state index contributed by atoms with van der Waals surface area (Å²) in [7, 11) is 0. The van der Waals surface area contributed by atoms with Gasteiger partial charge in [-0.25, -0.2) is 0 Å². The first-order valence-electron chi connectivity index (χ1n) is 8.27. The average molecular weight is 305 g/mol. The highest BCUT2D eigenvalue weighted by Gasteiger charge is 2.13. The minimum absolute atomic E-state index is 0.988. The number of nitrogens with zero attached hydrogens (tertiary/aromatic N) is 2. The Balaban J connectivity index is 2.06. The van der Waals surface area contributed by atoms with Crippen molar-refractivity contribution < 1.29 is 0 Å². The first-order valence-corrected chi connectivity index (χ1v) is 8.27. The predicted octanol–water partition coefficient (Wildman–Crippen LogP) is 5.10. The lowest BCUT2D eigenvalue weighted by atomic mass is 10.1. The Morgan fingerprint density at radius 1 is 0.913 bits per heavy atom. The van der Waals surface area contributed by atoms with Gasteiger partial charge in [-0.05, 0) is 62.6 Å². The third-order valence-corrected chi connectivity index (χ3v) is 4.01. The molecule has 0 saturated carbocycles. The molecule has 0 saturated heterocycles. The first kappa shape index (κ1) is 15.5.